The van der Waals surface area contributed by atoms with Gasteiger partial charge in [0.15, 0.2) is 0 Å². The molecule has 0 bridgehead atoms. The maximum absolute atomic E-state index is 12.6. The van der Waals surface area contributed by atoms with Gasteiger partial charge in [-0.05, 0) is 26.2 Å². The Morgan fingerprint density at radius 1 is 1.44 bits per heavy atom. The first kappa shape index (κ1) is 15.6. The van der Waals surface area contributed by atoms with Crippen molar-refractivity contribution < 1.29 is 18.0 Å². The van der Waals surface area contributed by atoms with E-state index in [4.69, 9.17) is 11.6 Å². The van der Waals surface area contributed by atoms with Crippen molar-refractivity contribution in [1.82, 2.24) is 4.90 Å². The van der Waals surface area contributed by atoms with Gasteiger partial charge >= 0.3 is 6.18 Å². The molecule has 0 saturated heterocycles. The number of alkyl halides is 4. The lowest BCUT2D eigenvalue weighted by atomic mass is 9.80. The van der Waals surface area contributed by atoms with Crippen LogP contribution in [0.25, 0.3) is 0 Å². The summed E-state index contributed by atoms with van der Waals surface area (Å²) in [4.78, 5) is 13.5. The van der Waals surface area contributed by atoms with Crippen molar-refractivity contribution in [3.63, 3.8) is 0 Å². The molecule has 0 spiro atoms. The van der Waals surface area contributed by atoms with E-state index in [0.717, 1.165) is 0 Å². The minimum atomic E-state index is -4.18. The van der Waals surface area contributed by atoms with E-state index in [-0.39, 0.29) is 24.1 Å². The van der Waals surface area contributed by atoms with E-state index in [9.17, 15) is 18.0 Å². The Morgan fingerprint density at radius 3 is 2.56 bits per heavy atom. The van der Waals surface area contributed by atoms with Crippen molar-refractivity contribution in [3.05, 3.63) is 0 Å². The third-order valence-electron chi connectivity index (χ3n) is 3.39. The molecule has 1 fully saturated rings. The Labute approximate surface area is 110 Å². The zero-order valence-corrected chi connectivity index (χ0v) is 11.4. The second-order valence-electron chi connectivity index (χ2n) is 5.10. The van der Waals surface area contributed by atoms with E-state index < -0.39 is 18.0 Å². The molecule has 6 heteroatoms. The minimum absolute atomic E-state index is 0.0800. The number of rotatable bonds is 3. The lowest BCUT2D eigenvalue weighted by Gasteiger charge is -2.32. The predicted octanol–water partition coefficient (Wildman–Crippen LogP) is 3.44. The van der Waals surface area contributed by atoms with Gasteiger partial charge in [-0.25, -0.2) is 0 Å². The highest BCUT2D eigenvalue weighted by Crippen LogP contribution is 2.40. The smallest absolute Gasteiger partial charge is 0.344 e. The van der Waals surface area contributed by atoms with E-state index in [0.29, 0.717) is 19.4 Å². The molecule has 18 heavy (non-hydrogen) atoms. The van der Waals surface area contributed by atoms with Crippen LogP contribution in [0.5, 0.6) is 0 Å². The van der Waals surface area contributed by atoms with Gasteiger partial charge in [-0.3, -0.25) is 4.79 Å². The lowest BCUT2D eigenvalue weighted by molar-refractivity contribution is -0.187. The molecule has 0 aromatic heterocycles. The number of nitrogens with zero attached hydrogens (tertiary/aromatic N) is 1. The highest BCUT2D eigenvalue weighted by molar-refractivity contribution is 6.20. The Bertz CT molecular complexity index is 294. The van der Waals surface area contributed by atoms with Gasteiger partial charge in [0.25, 0.3) is 0 Å². The quantitative estimate of drug-likeness (QED) is 0.728. The zero-order valence-electron chi connectivity index (χ0n) is 10.6. The Morgan fingerprint density at radius 2 is 2.06 bits per heavy atom. The molecule has 1 aliphatic rings. The van der Waals surface area contributed by atoms with Crippen LogP contribution in [0, 0.1) is 11.8 Å². The molecule has 1 rings (SSSR count). The van der Waals surface area contributed by atoms with E-state index in [1.54, 1.807) is 14.0 Å². The molecule has 106 valence electrons. The largest absolute Gasteiger partial charge is 0.391 e. The number of halogens is 4. The SMILES string of the molecule is CC(Cl)CN(C)C(=O)C1CCCC(C(F)(F)F)C1. The summed E-state index contributed by atoms with van der Waals surface area (Å²) >= 11 is 5.78. The van der Waals surface area contributed by atoms with E-state index in [2.05, 4.69) is 0 Å². The standard InChI is InChI=1S/C12H19ClF3NO/c1-8(13)7-17(2)11(18)9-4-3-5-10(6-9)12(14,15)16/h8-10H,3-7H2,1-2H3. The van der Waals surface area contributed by atoms with Gasteiger partial charge in [-0.15, -0.1) is 11.6 Å². The Balaban J connectivity index is 2.58. The molecule has 1 saturated carbocycles. The number of hydrogen-bond donors (Lipinski definition) is 0. The summed E-state index contributed by atoms with van der Waals surface area (Å²) < 4.78 is 37.9. The molecule has 0 heterocycles. The molecule has 3 atom stereocenters. The van der Waals surface area contributed by atoms with Crippen molar-refractivity contribution >= 4 is 17.5 Å². The van der Waals surface area contributed by atoms with Crippen LogP contribution in [0.1, 0.15) is 32.6 Å². The first-order chi connectivity index (χ1) is 8.21. The molecule has 1 aliphatic carbocycles. The van der Waals surface area contributed by atoms with Gasteiger partial charge in [0, 0.05) is 24.9 Å². The molecule has 2 nitrogen and oxygen atoms in total. The van der Waals surface area contributed by atoms with Gasteiger partial charge in [0.05, 0.1) is 5.92 Å². The first-order valence-electron chi connectivity index (χ1n) is 6.17. The van der Waals surface area contributed by atoms with Crippen molar-refractivity contribution in [2.75, 3.05) is 13.6 Å². The Kier molecular flexibility index (Phi) is 5.32. The van der Waals surface area contributed by atoms with Crippen LogP contribution in [0.2, 0.25) is 0 Å². The van der Waals surface area contributed by atoms with Crippen LogP contribution in [0.15, 0.2) is 0 Å². The first-order valence-corrected chi connectivity index (χ1v) is 6.61. The van der Waals surface area contributed by atoms with Gasteiger partial charge in [-0.1, -0.05) is 6.42 Å². The van der Waals surface area contributed by atoms with Gasteiger partial charge in [0.2, 0.25) is 5.91 Å². The summed E-state index contributed by atoms with van der Waals surface area (Å²) in [5.41, 5.74) is 0. The summed E-state index contributed by atoms with van der Waals surface area (Å²) in [5.74, 6) is -2.05. The number of carbonyl (C=O) groups excluding carboxylic acids is 1. The second-order valence-corrected chi connectivity index (χ2v) is 5.85. The fourth-order valence-electron chi connectivity index (χ4n) is 2.49. The normalized spacial score (nSPS) is 26.8. The topological polar surface area (TPSA) is 20.3 Å². The monoisotopic (exact) mass is 285 g/mol. The highest BCUT2D eigenvalue weighted by atomic mass is 35.5. The number of hydrogen-bond acceptors (Lipinski definition) is 1. The fourth-order valence-corrected chi connectivity index (χ4v) is 2.70. The zero-order chi connectivity index (χ0) is 13.9. The predicted molar refractivity (Wildman–Crippen MR) is 64.5 cm³/mol. The summed E-state index contributed by atoms with van der Waals surface area (Å²) in [7, 11) is 1.60. The fraction of sp³-hybridized carbons (Fsp3) is 0.917. The van der Waals surface area contributed by atoms with Crippen molar-refractivity contribution in [1.29, 1.82) is 0 Å². The molecule has 3 unspecified atom stereocenters. The molecular formula is C12H19ClF3NO. The van der Waals surface area contributed by atoms with Crippen LogP contribution in [0.4, 0.5) is 13.2 Å². The minimum Gasteiger partial charge on any atom is -0.344 e. The molecule has 0 N–H and O–H groups in total. The maximum atomic E-state index is 12.6. The highest BCUT2D eigenvalue weighted by Gasteiger charge is 2.43. The van der Waals surface area contributed by atoms with E-state index >= 15 is 0 Å². The maximum Gasteiger partial charge on any atom is 0.391 e. The molecular weight excluding hydrogens is 267 g/mol. The van der Waals surface area contributed by atoms with Crippen molar-refractivity contribution in [2.24, 2.45) is 11.8 Å². The van der Waals surface area contributed by atoms with Crippen LogP contribution in [-0.2, 0) is 4.79 Å². The summed E-state index contributed by atoms with van der Waals surface area (Å²) in [5, 5.41) is -0.194. The van der Waals surface area contributed by atoms with Crippen molar-refractivity contribution in [3.8, 4) is 0 Å². The molecule has 0 aromatic carbocycles. The van der Waals surface area contributed by atoms with Gasteiger partial charge in [-0.2, -0.15) is 13.2 Å². The molecule has 0 radical (unpaired) electrons. The van der Waals surface area contributed by atoms with E-state index in [1.165, 1.54) is 4.90 Å². The average molecular weight is 286 g/mol. The van der Waals surface area contributed by atoms with Crippen LogP contribution in [-0.4, -0.2) is 36.0 Å². The lowest BCUT2D eigenvalue weighted by Crippen LogP contribution is -2.40. The third kappa shape index (κ3) is 4.34. The Hall–Kier alpha value is -0.450. The van der Waals surface area contributed by atoms with Crippen LogP contribution >= 0.6 is 11.6 Å². The summed E-state index contributed by atoms with van der Waals surface area (Å²) in [6.07, 6.45) is -3.11. The van der Waals surface area contributed by atoms with Crippen molar-refractivity contribution in [2.45, 2.75) is 44.2 Å². The average Bonchev–Trinajstić information content (AvgIpc) is 2.26. The van der Waals surface area contributed by atoms with E-state index in [1.807, 2.05) is 0 Å². The second kappa shape index (κ2) is 6.13. The number of carbonyl (C=O) groups is 1. The summed E-state index contributed by atoms with van der Waals surface area (Å²) in [6.45, 7) is 2.12. The van der Waals surface area contributed by atoms with Crippen LogP contribution < -0.4 is 0 Å². The van der Waals surface area contributed by atoms with Gasteiger partial charge < -0.3 is 4.90 Å². The molecule has 1 amide bonds. The summed E-state index contributed by atoms with van der Waals surface area (Å²) in [6, 6.07) is 0. The van der Waals surface area contributed by atoms with Crippen LogP contribution in [0.3, 0.4) is 0 Å². The molecule has 0 aliphatic heterocycles. The molecule has 0 aromatic rings. The number of amides is 1. The van der Waals surface area contributed by atoms with Gasteiger partial charge in [0.1, 0.15) is 0 Å². The third-order valence-corrected chi connectivity index (χ3v) is 3.53.